The van der Waals surface area contributed by atoms with Crippen molar-refractivity contribution in [3.8, 4) is 6.07 Å². The van der Waals surface area contributed by atoms with Crippen LogP contribution in [0.3, 0.4) is 0 Å². The van der Waals surface area contributed by atoms with Crippen molar-refractivity contribution in [2.75, 3.05) is 22.3 Å². The highest BCUT2D eigenvalue weighted by atomic mass is 32.2. The summed E-state index contributed by atoms with van der Waals surface area (Å²) in [6.07, 6.45) is -0.0986. The van der Waals surface area contributed by atoms with Gasteiger partial charge in [-0.05, 0) is 37.6 Å². The van der Waals surface area contributed by atoms with E-state index in [-0.39, 0.29) is 17.9 Å². The van der Waals surface area contributed by atoms with Crippen LogP contribution in [0.1, 0.15) is 17.0 Å². The van der Waals surface area contributed by atoms with Gasteiger partial charge in [-0.1, -0.05) is 0 Å². The summed E-state index contributed by atoms with van der Waals surface area (Å²) in [5.41, 5.74) is 2.26. The van der Waals surface area contributed by atoms with Crippen molar-refractivity contribution in [1.82, 2.24) is 15.3 Å². The van der Waals surface area contributed by atoms with Gasteiger partial charge in [0.2, 0.25) is 10.0 Å². The molecule has 2 heterocycles. The van der Waals surface area contributed by atoms with Gasteiger partial charge in [0.15, 0.2) is 5.69 Å². The molecule has 0 aliphatic heterocycles. The number of carboxylic acid groups (broad SMARTS) is 1. The molecule has 0 aliphatic rings. The van der Waals surface area contributed by atoms with Gasteiger partial charge in [0.1, 0.15) is 11.9 Å². The van der Waals surface area contributed by atoms with Gasteiger partial charge in [-0.15, -0.1) is 0 Å². The van der Waals surface area contributed by atoms with Crippen LogP contribution in [-0.4, -0.2) is 41.9 Å². The number of rotatable bonds is 7. The molecule has 27 heavy (non-hydrogen) atoms. The minimum Gasteiger partial charge on any atom is -0.465 e. The van der Waals surface area contributed by atoms with Gasteiger partial charge in [-0.25, -0.2) is 23.2 Å². The smallest absolute Gasteiger partial charge is 0.404 e. The highest BCUT2D eigenvalue weighted by Gasteiger charge is 2.14. The van der Waals surface area contributed by atoms with E-state index in [0.717, 1.165) is 11.3 Å². The minimum atomic E-state index is -3.80. The minimum absolute atomic E-state index is 0.0754. The Bertz CT molecular complexity index is 980. The molecule has 0 saturated heterocycles. The molecule has 0 aliphatic carbocycles. The van der Waals surface area contributed by atoms with E-state index in [4.69, 9.17) is 5.11 Å². The number of nitriles is 1. The van der Waals surface area contributed by atoms with Crippen LogP contribution in [0.25, 0.3) is 0 Å². The second-order valence-corrected chi connectivity index (χ2v) is 7.52. The van der Waals surface area contributed by atoms with Crippen molar-refractivity contribution in [3.63, 3.8) is 0 Å². The Balaban J connectivity index is 2.22. The molecule has 0 aromatic carbocycles. The zero-order valence-corrected chi connectivity index (χ0v) is 15.5. The van der Waals surface area contributed by atoms with E-state index in [1.54, 1.807) is 6.07 Å². The molecule has 142 valence electrons. The van der Waals surface area contributed by atoms with E-state index >= 15 is 0 Å². The molecule has 0 atom stereocenters. The van der Waals surface area contributed by atoms with E-state index in [1.165, 1.54) is 12.3 Å². The Labute approximate surface area is 156 Å². The maximum Gasteiger partial charge on any atom is 0.404 e. The highest BCUT2D eigenvalue weighted by molar-refractivity contribution is 7.92. The van der Waals surface area contributed by atoms with Crippen LogP contribution in [-0.2, 0) is 10.0 Å². The molecule has 0 bridgehead atoms. The first-order valence-electron chi connectivity index (χ1n) is 7.78. The average molecular weight is 390 g/mol. The molecule has 10 nitrogen and oxygen atoms in total. The molecule has 2 rings (SSSR count). The van der Waals surface area contributed by atoms with Crippen LogP contribution in [0.4, 0.5) is 22.0 Å². The molecule has 0 fully saturated rings. The van der Waals surface area contributed by atoms with Gasteiger partial charge in [-0.3, -0.25) is 4.72 Å². The fourth-order valence-electron chi connectivity index (χ4n) is 2.27. The molecule has 0 radical (unpaired) electrons. The Kier molecular flexibility index (Phi) is 6.15. The molecule has 11 heteroatoms. The van der Waals surface area contributed by atoms with Crippen molar-refractivity contribution in [2.45, 2.75) is 13.8 Å². The van der Waals surface area contributed by atoms with Crippen molar-refractivity contribution in [1.29, 1.82) is 5.26 Å². The maximum atomic E-state index is 12.0. The summed E-state index contributed by atoms with van der Waals surface area (Å²) in [6.45, 7) is 3.47. The van der Waals surface area contributed by atoms with Crippen molar-refractivity contribution in [3.05, 3.63) is 41.3 Å². The SMILES string of the molecule is Cc1cc(C)nc(Nc2cc(NS(=O)(=O)CCNC(=O)O)cnc2C#N)c1. The lowest BCUT2D eigenvalue weighted by atomic mass is 10.2. The lowest BCUT2D eigenvalue weighted by Gasteiger charge is -2.12. The fraction of sp³-hybridized carbons (Fsp3) is 0.250. The third-order valence-electron chi connectivity index (χ3n) is 3.27. The molecule has 2 aromatic rings. The summed E-state index contributed by atoms with van der Waals surface area (Å²) in [5.74, 6) is 0.0530. The van der Waals surface area contributed by atoms with Crippen molar-refractivity contribution in [2.24, 2.45) is 0 Å². The zero-order valence-electron chi connectivity index (χ0n) is 14.6. The average Bonchev–Trinajstić information content (AvgIpc) is 2.53. The number of aryl methyl sites for hydroxylation is 2. The first-order chi connectivity index (χ1) is 12.7. The Hall–Kier alpha value is -3.39. The number of pyridine rings is 2. The lowest BCUT2D eigenvalue weighted by molar-refractivity contribution is 0.195. The molecular weight excluding hydrogens is 372 g/mol. The van der Waals surface area contributed by atoms with Crippen LogP contribution in [0, 0.1) is 25.2 Å². The zero-order chi connectivity index (χ0) is 20.0. The molecule has 0 spiro atoms. The number of nitrogens with zero attached hydrogens (tertiary/aromatic N) is 3. The van der Waals surface area contributed by atoms with E-state index in [0.29, 0.717) is 11.5 Å². The molecule has 1 amide bonds. The standard InChI is InChI=1S/C16H18N6O4S/c1-10-5-11(2)20-15(6-10)21-13-7-12(9-19-14(13)8-17)22-27(25,26)4-3-18-16(23)24/h5-7,9,18,22H,3-4H2,1-2H3,(H,20,21)(H,23,24). The van der Waals surface area contributed by atoms with Gasteiger partial charge in [0.05, 0.1) is 23.3 Å². The van der Waals surface area contributed by atoms with Crippen LogP contribution in [0.15, 0.2) is 24.4 Å². The van der Waals surface area contributed by atoms with Crippen LogP contribution in [0.5, 0.6) is 0 Å². The molecule has 0 unspecified atom stereocenters. The summed E-state index contributed by atoms with van der Waals surface area (Å²) in [7, 11) is -3.80. The quantitative estimate of drug-likeness (QED) is 0.556. The van der Waals surface area contributed by atoms with Gasteiger partial charge in [-0.2, -0.15) is 5.26 Å². The van der Waals surface area contributed by atoms with Gasteiger partial charge in [0.25, 0.3) is 0 Å². The number of hydrogen-bond acceptors (Lipinski definition) is 7. The summed E-state index contributed by atoms with van der Waals surface area (Å²) in [5, 5.41) is 22.7. The second kappa shape index (κ2) is 8.33. The van der Waals surface area contributed by atoms with Gasteiger partial charge >= 0.3 is 6.09 Å². The third kappa shape index (κ3) is 6.12. The molecule has 4 N–H and O–H groups in total. The number of aromatic nitrogens is 2. The number of amides is 1. The first-order valence-corrected chi connectivity index (χ1v) is 9.43. The largest absolute Gasteiger partial charge is 0.465 e. The summed E-state index contributed by atoms with van der Waals surface area (Å²) in [6, 6.07) is 7.03. The maximum absolute atomic E-state index is 12.0. The fourth-order valence-corrected chi connectivity index (χ4v) is 3.21. The number of nitrogens with one attached hydrogen (secondary N) is 3. The molecule has 0 saturated carbocycles. The van der Waals surface area contributed by atoms with Crippen LogP contribution >= 0.6 is 0 Å². The molecular formula is C16H18N6O4S. The normalized spacial score (nSPS) is 10.7. The number of sulfonamides is 1. The van der Waals surface area contributed by atoms with Gasteiger partial charge < -0.3 is 15.7 Å². The topological polar surface area (TPSA) is 157 Å². The number of anilines is 3. The van der Waals surface area contributed by atoms with Crippen molar-refractivity contribution >= 4 is 33.3 Å². The Morgan fingerprint density at radius 1 is 1.30 bits per heavy atom. The van der Waals surface area contributed by atoms with Crippen LogP contribution < -0.4 is 15.4 Å². The van der Waals surface area contributed by atoms with E-state index in [1.807, 2.05) is 31.3 Å². The number of hydrogen-bond donors (Lipinski definition) is 4. The van der Waals surface area contributed by atoms with Gasteiger partial charge in [0, 0.05) is 12.2 Å². The number of carbonyl (C=O) groups is 1. The summed E-state index contributed by atoms with van der Waals surface area (Å²) < 4.78 is 26.3. The highest BCUT2D eigenvalue weighted by Crippen LogP contribution is 2.23. The lowest BCUT2D eigenvalue weighted by Crippen LogP contribution is -2.30. The van der Waals surface area contributed by atoms with Crippen LogP contribution in [0.2, 0.25) is 0 Å². The monoisotopic (exact) mass is 390 g/mol. The summed E-state index contributed by atoms with van der Waals surface area (Å²) in [4.78, 5) is 18.7. The van der Waals surface area contributed by atoms with E-state index in [2.05, 4.69) is 20.0 Å². The summed E-state index contributed by atoms with van der Waals surface area (Å²) >= 11 is 0. The molecule has 2 aromatic heterocycles. The predicted molar refractivity (Wildman–Crippen MR) is 99.4 cm³/mol. The Morgan fingerprint density at radius 2 is 2.04 bits per heavy atom. The second-order valence-electron chi connectivity index (χ2n) is 5.68. The van der Waals surface area contributed by atoms with E-state index < -0.39 is 21.9 Å². The third-order valence-corrected chi connectivity index (χ3v) is 4.56. The van der Waals surface area contributed by atoms with Crippen molar-refractivity contribution < 1.29 is 18.3 Å². The first kappa shape index (κ1) is 19.9. The van der Waals surface area contributed by atoms with E-state index in [9.17, 15) is 18.5 Å². The Morgan fingerprint density at radius 3 is 2.67 bits per heavy atom. The predicted octanol–water partition coefficient (Wildman–Crippen LogP) is 1.72.